The van der Waals surface area contributed by atoms with Crippen molar-refractivity contribution >= 4 is 39.5 Å². The molecule has 3 N–H and O–H groups in total. The number of carbonyl (C=O) groups excluding carboxylic acids is 4. The second kappa shape index (κ2) is 77.1. The lowest BCUT2D eigenvalue weighted by Crippen LogP contribution is -2.30. The Bertz CT molecular complexity index is 2780. The van der Waals surface area contributed by atoms with E-state index in [1.165, 1.54) is 0 Å². The molecule has 0 bridgehead atoms. The van der Waals surface area contributed by atoms with E-state index < -0.39 is 97.5 Å². The highest BCUT2D eigenvalue weighted by Crippen LogP contribution is 2.45. The van der Waals surface area contributed by atoms with E-state index in [0.29, 0.717) is 32.1 Å². The van der Waals surface area contributed by atoms with Crippen molar-refractivity contribution in [2.75, 3.05) is 39.6 Å². The summed E-state index contributed by atoms with van der Waals surface area (Å²) in [6, 6.07) is 0. The third-order valence-corrected chi connectivity index (χ3v) is 17.5. The molecule has 106 heavy (non-hydrogen) atoms. The second-order valence-electron chi connectivity index (χ2n) is 25.5. The standard InChI is InChI=1S/C87H138O17P2/c1-5-9-13-17-21-25-29-33-37-39-40-42-46-48-52-56-60-64-68-72-85(90)98-78-83(104-87(92)74-70-66-62-58-54-50-44-36-32-28-24-20-16-12-8-4)80-102-106(95,96)100-76-81(88)75-99-105(93,94)101-79-82(103-86(91)73-69-65-61-57-53-49-43-35-31-27-23-19-15-11-7-3)77-97-84(89)71-67-63-59-55-51-47-45-41-38-34-30-26-22-18-14-10-6-2/h9-16,21-28,33-38,40,42-44,53-54,57-58,66,70,81-83,88H,5-8,17-20,29-32,39,41,45-52,55-56,59-65,67-69,71-80H2,1-4H3,(H,93,94)(H,95,96)/b13-9-,14-10-,15-11-,16-12-,25-21-,26-22-,27-23-,28-24-,37-33-,38-34-,42-40-,43-35-,44-36-,57-53-,58-54-,70-66-. The molecular formula is C87H138O17P2. The molecule has 0 aliphatic heterocycles. The van der Waals surface area contributed by atoms with Crippen LogP contribution in [0.2, 0.25) is 0 Å². The van der Waals surface area contributed by atoms with Gasteiger partial charge in [-0.2, -0.15) is 0 Å². The third-order valence-electron chi connectivity index (χ3n) is 15.6. The average molecular weight is 1520 g/mol. The second-order valence-corrected chi connectivity index (χ2v) is 28.4. The van der Waals surface area contributed by atoms with Crippen LogP contribution in [-0.4, -0.2) is 96.7 Å². The molecule has 17 nitrogen and oxygen atoms in total. The SMILES string of the molecule is CC/C=C\C/C=C\C/C=C\C/C=C\C/C=C\CC(=O)OC(COC(=O)CCCCCCCC/C=C\C/C=C\C/C=C\C/C=C\CC)COP(=O)(O)OCC(O)COP(=O)(O)OCC(COC(=O)CCCCCCCCC/C=C\C/C=C\C/C=C\CC)OC(=O)CCCC/C=C\C/C=C\C/C=C\C/C=C\CC. The van der Waals surface area contributed by atoms with Crippen molar-refractivity contribution in [3.63, 3.8) is 0 Å². The molecule has 5 atom stereocenters. The van der Waals surface area contributed by atoms with E-state index in [1.807, 2.05) is 12.2 Å². The molecule has 0 saturated carbocycles. The van der Waals surface area contributed by atoms with Gasteiger partial charge in [-0.3, -0.25) is 37.3 Å². The molecule has 0 heterocycles. The smallest absolute Gasteiger partial charge is 0.462 e. The fourth-order valence-electron chi connectivity index (χ4n) is 9.70. The number of esters is 4. The lowest BCUT2D eigenvalue weighted by Gasteiger charge is -2.21. The summed E-state index contributed by atoms with van der Waals surface area (Å²) in [4.78, 5) is 73.0. The highest BCUT2D eigenvalue weighted by Gasteiger charge is 2.30. The van der Waals surface area contributed by atoms with Gasteiger partial charge in [0, 0.05) is 19.3 Å². The Hall–Kier alpha value is -6.10. The number of hydrogen-bond donors (Lipinski definition) is 3. The summed E-state index contributed by atoms with van der Waals surface area (Å²) >= 11 is 0. The first kappa shape index (κ1) is 99.9. The first-order valence-electron chi connectivity index (χ1n) is 39.7. The zero-order chi connectivity index (χ0) is 77.4. The molecule has 0 rings (SSSR count). The number of phosphoric acid groups is 2. The molecule has 0 aromatic rings. The van der Waals surface area contributed by atoms with Gasteiger partial charge in [-0.1, -0.05) is 280 Å². The molecule has 0 radical (unpaired) electrons. The number of phosphoric ester groups is 2. The summed E-state index contributed by atoms with van der Waals surface area (Å²) in [6.07, 6.45) is 94.5. The molecular weight excluding hydrogens is 1380 g/mol. The maximum Gasteiger partial charge on any atom is 0.472 e. The minimum Gasteiger partial charge on any atom is -0.462 e. The van der Waals surface area contributed by atoms with Gasteiger partial charge < -0.3 is 33.8 Å². The van der Waals surface area contributed by atoms with Gasteiger partial charge in [-0.25, -0.2) is 9.13 Å². The third kappa shape index (κ3) is 76.1. The van der Waals surface area contributed by atoms with Crippen molar-refractivity contribution in [3.05, 3.63) is 194 Å². The first-order valence-corrected chi connectivity index (χ1v) is 42.7. The van der Waals surface area contributed by atoms with Crippen LogP contribution in [-0.2, 0) is 65.4 Å². The van der Waals surface area contributed by atoms with E-state index in [-0.39, 0.29) is 25.7 Å². The molecule has 0 aromatic heterocycles. The summed E-state index contributed by atoms with van der Waals surface area (Å²) < 4.78 is 68.4. The van der Waals surface area contributed by atoms with Crippen LogP contribution in [0.4, 0.5) is 0 Å². The van der Waals surface area contributed by atoms with E-state index >= 15 is 0 Å². The van der Waals surface area contributed by atoms with E-state index in [9.17, 15) is 43.2 Å². The Balaban J connectivity index is 5.49. The van der Waals surface area contributed by atoms with Gasteiger partial charge in [0.1, 0.15) is 19.3 Å². The molecule has 0 fully saturated rings. The summed E-state index contributed by atoms with van der Waals surface area (Å²) in [7, 11) is -10.0. The molecule has 19 heteroatoms. The highest BCUT2D eigenvalue weighted by molar-refractivity contribution is 7.47. The number of ether oxygens (including phenoxy) is 4. The van der Waals surface area contributed by atoms with Crippen LogP contribution in [0, 0.1) is 0 Å². The van der Waals surface area contributed by atoms with Crippen LogP contribution in [0.3, 0.4) is 0 Å². The Morgan fingerprint density at radius 2 is 0.500 bits per heavy atom. The average Bonchev–Trinajstić information content (AvgIpc) is 0.902. The number of aliphatic hydroxyl groups excluding tert-OH is 1. The Kier molecular flexibility index (Phi) is 72.6. The van der Waals surface area contributed by atoms with Gasteiger partial charge in [0.2, 0.25) is 0 Å². The number of unbranched alkanes of at least 4 members (excludes halogenated alkanes) is 15. The van der Waals surface area contributed by atoms with Crippen molar-refractivity contribution in [2.45, 2.75) is 290 Å². The van der Waals surface area contributed by atoms with Gasteiger partial charge in [-0.15, -0.1) is 0 Å². The highest BCUT2D eigenvalue weighted by atomic mass is 31.2. The largest absolute Gasteiger partial charge is 0.472 e. The summed E-state index contributed by atoms with van der Waals surface area (Å²) in [6.45, 7) is 4.20. The number of allylic oxidation sites excluding steroid dienone is 31. The minimum atomic E-state index is -5.02. The van der Waals surface area contributed by atoms with Gasteiger partial charge in [0.15, 0.2) is 12.2 Å². The molecule has 0 saturated heterocycles. The van der Waals surface area contributed by atoms with Crippen LogP contribution in [0.5, 0.6) is 0 Å². The quantitative estimate of drug-likeness (QED) is 0.0169. The normalized spacial score (nSPS) is 14.9. The monoisotopic (exact) mass is 1520 g/mol. The molecule has 0 spiro atoms. The lowest BCUT2D eigenvalue weighted by atomic mass is 10.1. The number of aliphatic hydroxyl groups is 1. The summed E-state index contributed by atoms with van der Waals surface area (Å²) in [5.74, 6) is -2.42. The molecule has 0 amide bonds. The minimum absolute atomic E-state index is 0.0303. The summed E-state index contributed by atoms with van der Waals surface area (Å²) in [5.41, 5.74) is 0. The van der Waals surface area contributed by atoms with Crippen molar-refractivity contribution < 1.29 is 80.2 Å². The fourth-order valence-corrected chi connectivity index (χ4v) is 11.3. The zero-order valence-electron chi connectivity index (χ0n) is 65.3. The number of rotatable bonds is 72. The van der Waals surface area contributed by atoms with Crippen LogP contribution in [0.15, 0.2) is 194 Å². The van der Waals surface area contributed by atoms with E-state index in [1.54, 1.807) is 12.2 Å². The van der Waals surface area contributed by atoms with Gasteiger partial charge >= 0.3 is 39.5 Å². The zero-order valence-corrected chi connectivity index (χ0v) is 67.1. The van der Waals surface area contributed by atoms with Crippen LogP contribution < -0.4 is 0 Å². The Morgan fingerprint density at radius 3 is 0.811 bits per heavy atom. The molecule has 0 aliphatic rings. The molecule has 0 aliphatic carbocycles. The fraction of sp³-hybridized carbons (Fsp3) is 0.586. The number of carbonyl (C=O) groups is 4. The Morgan fingerprint density at radius 1 is 0.274 bits per heavy atom. The molecule has 598 valence electrons. The van der Waals surface area contributed by atoms with Crippen molar-refractivity contribution in [1.29, 1.82) is 0 Å². The summed E-state index contributed by atoms with van der Waals surface area (Å²) in [5, 5.41) is 10.6. The molecule has 5 unspecified atom stereocenters. The van der Waals surface area contributed by atoms with E-state index in [0.717, 1.165) is 186 Å². The van der Waals surface area contributed by atoms with Crippen LogP contribution in [0.25, 0.3) is 0 Å². The van der Waals surface area contributed by atoms with Crippen LogP contribution >= 0.6 is 15.6 Å². The predicted molar refractivity (Wildman–Crippen MR) is 436 cm³/mol. The van der Waals surface area contributed by atoms with Gasteiger partial charge in [-0.05, 0) is 161 Å². The van der Waals surface area contributed by atoms with E-state index in [2.05, 4.69) is 198 Å². The number of hydrogen-bond acceptors (Lipinski definition) is 15. The lowest BCUT2D eigenvalue weighted by molar-refractivity contribution is -0.161. The Labute approximate surface area is 640 Å². The topological polar surface area (TPSA) is 237 Å². The maximum atomic E-state index is 13.1. The van der Waals surface area contributed by atoms with Gasteiger partial charge in [0.05, 0.1) is 32.8 Å². The predicted octanol–water partition coefficient (Wildman–Crippen LogP) is 23.3. The van der Waals surface area contributed by atoms with E-state index in [4.69, 9.17) is 37.0 Å². The van der Waals surface area contributed by atoms with Crippen molar-refractivity contribution in [1.82, 2.24) is 0 Å². The van der Waals surface area contributed by atoms with Crippen molar-refractivity contribution in [3.8, 4) is 0 Å². The van der Waals surface area contributed by atoms with Crippen molar-refractivity contribution in [2.24, 2.45) is 0 Å². The maximum absolute atomic E-state index is 13.1. The molecule has 0 aromatic carbocycles. The van der Waals surface area contributed by atoms with Crippen LogP contribution in [0.1, 0.15) is 272 Å². The first-order chi connectivity index (χ1) is 51.7. The van der Waals surface area contributed by atoms with Gasteiger partial charge in [0.25, 0.3) is 0 Å².